The van der Waals surface area contributed by atoms with Crippen LogP contribution in [0.15, 0.2) is 259 Å². The third-order valence-corrected chi connectivity index (χ3v) is 13.4. The Balaban J connectivity index is 0.845. The van der Waals surface area contributed by atoms with Crippen LogP contribution in [0.5, 0.6) is 0 Å². The molecule has 0 atom stereocenters. The molecule has 13 rings (SSSR count). The van der Waals surface area contributed by atoms with Gasteiger partial charge in [-0.15, -0.1) is 0 Å². The molecule has 0 aliphatic rings. The number of anilines is 3. The van der Waals surface area contributed by atoms with E-state index in [9.17, 15) is 0 Å². The average Bonchev–Trinajstić information content (AvgIpc) is 3.96. The molecule has 0 spiro atoms. The van der Waals surface area contributed by atoms with E-state index >= 15 is 0 Å². The molecule has 0 N–H and O–H groups in total. The van der Waals surface area contributed by atoms with E-state index < -0.39 is 0 Å². The van der Waals surface area contributed by atoms with Crippen LogP contribution in [0.3, 0.4) is 0 Å². The van der Waals surface area contributed by atoms with Crippen LogP contribution in [0.25, 0.3) is 105 Å². The van der Waals surface area contributed by atoms with Crippen LogP contribution in [0.1, 0.15) is 0 Å². The smallest absolute Gasteiger partial charge is 0.160 e. The molecule has 3 nitrogen and oxygen atoms in total. The number of aromatic nitrogens is 1. The second-order valence-electron chi connectivity index (χ2n) is 17.3. The quantitative estimate of drug-likeness (QED) is 0.152. The van der Waals surface area contributed by atoms with E-state index in [0.29, 0.717) is 0 Å². The summed E-state index contributed by atoms with van der Waals surface area (Å²) < 4.78 is 9.15. The fraction of sp³-hybridized carbons (Fsp3) is 0. The summed E-state index contributed by atoms with van der Waals surface area (Å²) in [4.78, 5) is 2.34. The molecule has 11 aromatic carbocycles. The van der Waals surface area contributed by atoms with Crippen LogP contribution in [-0.2, 0) is 0 Å². The van der Waals surface area contributed by atoms with E-state index in [4.69, 9.17) is 4.42 Å². The van der Waals surface area contributed by atoms with Crippen molar-refractivity contribution in [3.8, 4) is 50.2 Å². The summed E-state index contributed by atoms with van der Waals surface area (Å²) >= 11 is 0. The zero-order chi connectivity index (χ0) is 44.3. The summed E-state index contributed by atoms with van der Waals surface area (Å²) in [6.45, 7) is 0. The Morgan fingerprint density at radius 3 is 1.49 bits per heavy atom. The molecule has 314 valence electrons. The van der Waals surface area contributed by atoms with Gasteiger partial charge in [0, 0.05) is 38.6 Å². The van der Waals surface area contributed by atoms with Crippen molar-refractivity contribution in [1.29, 1.82) is 0 Å². The highest BCUT2D eigenvalue weighted by molar-refractivity contribution is 6.23. The second-order valence-corrected chi connectivity index (χ2v) is 17.3. The van der Waals surface area contributed by atoms with Gasteiger partial charge in [0.1, 0.15) is 5.58 Å². The monoisotopic (exact) mass is 854 g/mol. The van der Waals surface area contributed by atoms with E-state index in [2.05, 4.69) is 258 Å². The zero-order valence-electron chi connectivity index (χ0n) is 36.6. The van der Waals surface area contributed by atoms with Crippen LogP contribution in [0, 0.1) is 0 Å². The predicted molar refractivity (Wildman–Crippen MR) is 282 cm³/mol. The number of hydrogen-bond donors (Lipinski definition) is 0. The summed E-state index contributed by atoms with van der Waals surface area (Å²) in [6.07, 6.45) is 0. The Morgan fingerprint density at radius 2 is 0.791 bits per heavy atom. The highest BCUT2D eigenvalue weighted by Crippen LogP contribution is 2.46. The van der Waals surface area contributed by atoms with Gasteiger partial charge in [-0.05, 0) is 128 Å². The minimum atomic E-state index is 0.868. The fourth-order valence-corrected chi connectivity index (χ4v) is 10.1. The van der Waals surface area contributed by atoms with Gasteiger partial charge in [-0.25, -0.2) is 0 Å². The fourth-order valence-electron chi connectivity index (χ4n) is 10.1. The van der Waals surface area contributed by atoms with Gasteiger partial charge in [0.05, 0.1) is 16.7 Å². The molecule has 0 aliphatic heterocycles. The molecule has 0 bridgehead atoms. The van der Waals surface area contributed by atoms with Crippen molar-refractivity contribution in [2.45, 2.75) is 0 Å². The Kier molecular flexibility index (Phi) is 9.17. The highest BCUT2D eigenvalue weighted by atomic mass is 16.3. The maximum absolute atomic E-state index is 6.79. The van der Waals surface area contributed by atoms with E-state index in [1.165, 1.54) is 66.3 Å². The number of benzene rings is 11. The van der Waals surface area contributed by atoms with Gasteiger partial charge in [0.15, 0.2) is 5.58 Å². The summed E-state index contributed by atoms with van der Waals surface area (Å²) in [5.74, 6) is 0. The number of rotatable bonds is 8. The number of nitrogens with zero attached hydrogens (tertiary/aromatic N) is 2. The molecule has 0 radical (unpaired) electrons. The topological polar surface area (TPSA) is 21.3 Å². The first-order chi connectivity index (χ1) is 33.2. The third kappa shape index (κ3) is 6.67. The van der Waals surface area contributed by atoms with E-state index in [1.54, 1.807) is 0 Å². The van der Waals surface area contributed by atoms with Gasteiger partial charge in [-0.1, -0.05) is 182 Å². The largest absolute Gasteiger partial charge is 0.454 e. The molecule has 13 aromatic rings. The number of para-hydroxylation sites is 3. The Labute approximate surface area is 388 Å². The van der Waals surface area contributed by atoms with Crippen molar-refractivity contribution < 1.29 is 4.42 Å². The van der Waals surface area contributed by atoms with Crippen molar-refractivity contribution in [3.63, 3.8) is 0 Å². The van der Waals surface area contributed by atoms with Gasteiger partial charge in [0.2, 0.25) is 0 Å². The summed E-state index contributed by atoms with van der Waals surface area (Å²) in [6, 6.07) is 91.7. The van der Waals surface area contributed by atoms with Crippen LogP contribution >= 0.6 is 0 Å². The third-order valence-electron chi connectivity index (χ3n) is 13.4. The Bertz CT molecular complexity index is 3940. The SMILES string of the molecule is c1ccc(-c2ccc(N(c3ccc(-c4ccc(-c5cccc(-c6ccc7c(c6)c6ccccc6n7-c6ccccc6)c5)cc4)cc3)c3cc4ccccc4c4c3oc3ccccc34)cc2)cc1. The molecule has 0 aliphatic carbocycles. The molecule has 0 fully saturated rings. The minimum absolute atomic E-state index is 0.868. The Hall–Kier alpha value is -8.92. The summed E-state index contributed by atoms with van der Waals surface area (Å²) in [7, 11) is 0. The van der Waals surface area contributed by atoms with Crippen LogP contribution < -0.4 is 4.90 Å². The number of hydrogen-bond acceptors (Lipinski definition) is 2. The van der Waals surface area contributed by atoms with E-state index in [0.717, 1.165) is 55.5 Å². The van der Waals surface area contributed by atoms with Crippen LogP contribution in [0.2, 0.25) is 0 Å². The molecular formula is C64H42N2O. The molecule has 0 saturated heterocycles. The van der Waals surface area contributed by atoms with Crippen LogP contribution in [0.4, 0.5) is 17.1 Å². The first kappa shape index (κ1) is 38.5. The zero-order valence-corrected chi connectivity index (χ0v) is 36.6. The molecule has 3 heteroatoms. The predicted octanol–water partition coefficient (Wildman–Crippen LogP) is 18.0. The normalized spacial score (nSPS) is 11.6. The van der Waals surface area contributed by atoms with Crippen molar-refractivity contribution in [2.24, 2.45) is 0 Å². The lowest BCUT2D eigenvalue weighted by Gasteiger charge is -2.26. The van der Waals surface area contributed by atoms with Crippen LogP contribution in [-0.4, -0.2) is 4.57 Å². The molecule has 0 amide bonds. The van der Waals surface area contributed by atoms with Gasteiger partial charge < -0.3 is 13.9 Å². The molecule has 2 heterocycles. The Morgan fingerprint density at radius 1 is 0.313 bits per heavy atom. The summed E-state index contributed by atoms with van der Waals surface area (Å²) in [5, 5.41) is 7.10. The standard InChI is InChI=1S/C64H42N2O/c1-3-14-43(15-4-1)45-30-35-53(36-31-45)65(61-42-51-16-7-8-21-55(51)63-57-23-10-12-25-62(57)67-64(61)63)54-37-32-46(33-38-54)44-26-28-47(29-27-44)48-17-13-18-49(40-48)50-34-39-60-58(41-50)56-22-9-11-24-59(56)66(60)52-19-5-2-6-20-52/h1-42H. The van der Waals surface area contributed by atoms with E-state index in [-0.39, 0.29) is 0 Å². The second kappa shape index (κ2) is 16.0. The lowest BCUT2D eigenvalue weighted by Crippen LogP contribution is -2.10. The first-order valence-corrected chi connectivity index (χ1v) is 22.9. The maximum Gasteiger partial charge on any atom is 0.160 e. The highest BCUT2D eigenvalue weighted by Gasteiger charge is 2.22. The van der Waals surface area contributed by atoms with Gasteiger partial charge >= 0.3 is 0 Å². The molecule has 0 saturated carbocycles. The van der Waals surface area contributed by atoms with Crippen molar-refractivity contribution in [1.82, 2.24) is 4.57 Å². The first-order valence-electron chi connectivity index (χ1n) is 22.9. The lowest BCUT2D eigenvalue weighted by atomic mass is 9.96. The van der Waals surface area contributed by atoms with E-state index in [1.807, 2.05) is 6.07 Å². The summed E-state index contributed by atoms with van der Waals surface area (Å²) in [5.41, 5.74) is 17.9. The number of furan rings is 1. The van der Waals surface area contributed by atoms with Crippen molar-refractivity contribution in [2.75, 3.05) is 4.90 Å². The van der Waals surface area contributed by atoms with Crippen molar-refractivity contribution >= 4 is 71.6 Å². The average molecular weight is 855 g/mol. The van der Waals surface area contributed by atoms with Gasteiger partial charge in [-0.3, -0.25) is 0 Å². The van der Waals surface area contributed by atoms with Gasteiger partial charge in [0.25, 0.3) is 0 Å². The molecular weight excluding hydrogens is 813 g/mol. The van der Waals surface area contributed by atoms with Crippen molar-refractivity contribution in [3.05, 3.63) is 255 Å². The molecule has 0 unspecified atom stereocenters. The van der Waals surface area contributed by atoms with Gasteiger partial charge in [-0.2, -0.15) is 0 Å². The lowest BCUT2D eigenvalue weighted by molar-refractivity contribution is 0.669. The molecule has 67 heavy (non-hydrogen) atoms. The minimum Gasteiger partial charge on any atom is -0.454 e. The number of fused-ring (bicyclic) bond motifs is 8. The maximum atomic E-state index is 6.79. The molecule has 2 aromatic heterocycles.